The molecule has 2 unspecified atom stereocenters. The molecule has 0 radical (unpaired) electrons. The molecule has 5 heterocycles. The molecule has 5 rings (SSSR count). The number of ketones is 1. The molecule has 7 nitrogen and oxygen atoms in total. The highest BCUT2D eigenvalue weighted by Crippen LogP contribution is 2.33. The van der Waals surface area contributed by atoms with Crippen molar-refractivity contribution in [2.75, 3.05) is 39.4 Å². The summed E-state index contributed by atoms with van der Waals surface area (Å²) in [5.41, 5.74) is -0.223. The average Bonchev–Trinajstić information content (AvgIpc) is 3.53. The Labute approximate surface area is 214 Å². The van der Waals surface area contributed by atoms with Gasteiger partial charge in [0, 0.05) is 75.4 Å². The second-order valence-corrected chi connectivity index (χ2v) is 10.5. The van der Waals surface area contributed by atoms with Gasteiger partial charge in [0.15, 0.2) is 0 Å². The topological polar surface area (TPSA) is 67.7 Å². The quantitative estimate of drug-likeness (QED) is 0.536. The number of rotatable bonds is 8. The Morgan fingerprint density at radius 2 is 1.97 bits per heavy atom. The first kappa shape index (κ1) is 26.1. The number of Topliss-reactive ketones (excluding diaryl/α,β-unsaturated/α-hetero) is 1. The Kier molecular flexibility index (Phi) is 7.78. The molecule has 2 aromatic heterocycles. The van der Waals surface area contributed by atoms with Crippen LogP contribution in [-0.4, -0.2) is 70.6 Å². The lowest BCUT2D eigenvalue weighted by atomic mass is 9.87. The van der Waals surface area contributed by atoms with E-state index in [-0.39, 0.29) is 31.3 Å². The molecular formula is C27H33F3N4O3. The van der Waals surface area contributed by atoms with Gasteiger partial charge in [0.1, 0.15) is 5.78 Å². The molecule has 2 aromatic rings. The van der Waals surface area contributed by atoms with Gasteiger partial charge in [-0.3, -0.25) is 24.4 Å². The Balaban J connectivity index is 1.22. The molecular weight excluding hydrogens is 485 g/mol. The third-order valence-corrected chi connectivity index (χ3v) is 7.98. The molecule has 3 aliphatic heterocycles. The molecule has 0 bridgehead atoms. The Morgan fingerprint density at radius 3 is 2.70 bits per heavy atom. The fourth-order valence-electron chi connectivity index (χ4n) is 6.01. The highest BCUT2D eigenvalue weighted by atomic mass is 19.4. The summed E-state index contributed by atoms with van der Waals surface area (Å²) in [4.78, 5) is 34.1. The molecule has 0 amide bonds. The minimum atomic E-state index is -4.57. The van der Waals surface area contributed by atoms with Crippen molar-refractivity contribution in [3.8, 4) is 0 Å². The van der Waals surface area contributed by atoms with Gasteiger partial charge in [0.2, 0.25) is 0 Å². The van der Waals surface area contributed by atoms with Gasteiger partial charge in [-0.05, 0) is 49.3 Å². The summed E-state index contributed by atoms with van der Waals surface area (Å²) in [5, 5.41) is 0. The zero-order chi connectivity index (χ0) is 26.0. The third kappa shape index (κ3) is 6.30. The van der Waals surface area contributed by atoms with E-state index in [0.29, 0.717) is 36.7 Å². The molecule has 10 heteroatoms. The van der Waals surface area contributed by atoms with Crippen LogP contribution in [0, 0.1) is 11.8 Å². The number of nitrogens with zero attached hydrogens (tertiary/aromatic N) is 4. The van der Waals surface area contributed by atoms with Crippen LogP contribution in [-0.2, 0) is 35.2 Å². The van der Waals surface area contributed by atoms with Crippen LogP contribution in [0.5, 0.6) is 0 Å². The van der Waals surface area contributed by atoms with Crippen molar-refractivity contribution in [3.63, 3.8) is 0 Å². The number of ether oxygens (including phenoxy) is 1. The number of carbonyl (C=O) groups is 1. The lowest BCUT2D eigenvalue weighted by Gasteiger charge is -2.30. The molecule has 200 valence electrons. The number of aryl methyl sites for hydroxylation is 1. The fraction of sp³-hybridized carbons (Fsp3) is 0.593. The molecule has 0 N–H and O–H groups in total. The average molecular weight is 519 g/mol. The summed E-state index contributed by atoms with van der Waals surface area (Å²) < 4.78 is 46.6. The van der Waals surface area contributed by atoms with Crippen LogP contribution in [0.4, 0.5) is 13.2 Å². The first-order valence-corrected chi connectivity index (χ1v) is 13.0. The number of carbonyl (C=O) groups excluding carboxylic acids is 1. The van der Waals surface area contributed by atoms with E-state index in [4.69, 9.17) is 4.74 Å². The van der Waals surface area contributed by atoms with E-state index in [1.54, 1.807) is 6.20 Å². The van der Waals surface area contributed by atoms with Crippen molar-refractivity contribution in [1.29, 1.82) is 0 Å². The van der Waals surface area contributed by atoms with Crippen molar-refractivity contribution in [2.24, 2.45) is 11.8 Å². The van der Waals surface area contributed by atoms with Gasteiger partial charge in [0.05, 0.1) is 18.7 Å². The van der Waals surface area contributed by atoms with Gasteiger partial charge in [-0.25, -0.2) is 0 Å². The number of pyridine rings is 2. The number of alkyl halides is 3. The molecule has 3 atom stereocenters. The summed E-state index contributed by atoms with van der Waals surface area (Å²) in [6.07, 6.45) is 0.512. The molecule has 0 aromatic carbocycles. The Bertz CT molecular complexity index is 1150. The standard InChI is InChI=1S/C27H33F3N4O3/c28-27(29,30)21-12-24-16-32(8-9-34(24)26(36)13-21)17-25(35)11-20-15-33(23-6-10-37-18-23)14-19(20)4-5-22-3-1-2-7-31-22/h1-3,7,12-13,19-20,23H,4-6,8-11,14-18H2/t19-,20?,23?/m0/s1. The second kappa shape index (κ2) is 11.0. The second-order valence-electron chi connectivity index (χ2n) is 10.5. The summed E-state index contributed by atoms with van der Waals surface area (Å²) >= 11 is 0. The van der Waals surface area contributed by atoms with E-state index in [9.17, 15) is 22.8 Å². The van der Waals surface area contributed by atoms with Gasteiger partial charge in [-0.15, -0.1) is 0 Å². The van der Waals surface area contributed by atoms with Crippen molar-refractivity contribution in [2.45, 2.75) is 51.0 Å². The van der Waals surface area contributed by atoms with E-state index in [1.165, 1.54) is 4.57 Å². The number of hydrogen-bond acceptors (Lipinski definition) is 6. The van der Waals surface area contributed by atoms with Crippen LogP contribution in [0.1, 0.15) is 36.2 Å². The lowest BCUT2D eigenvalue weighted by Crippen LogP contribution is -2.42. The molecule has 0 spiro atoms. The van der Waals surface area contributed by atoms with E-state index in [1.807, 2.05) is 23.1 Å². The number of fused-ring (bicyclic) bond motifs is 1. The molecule has 37 heavy (non-hydrogen) atoms. The normalized spacial score (nSPS) is 24.9. The number of halogens is 3. The van der Waals surface area contributed by atoms with Crippen LogP contribution in [0.25, 0.3) is 0 Å². The molecule has 0 saturated carbocycles. The lowest BCUT2D eigenvalue weighted by molar-refractivity contribution is -0.138. The van der Waals surface area contributed by atoms with Crippen molar-refractivity contribution < 1.29 is 22.7 Å². The van der Waals surface area contributed by atoms with Gasteiger partial charge in [0.25, 0.3) is 5.56 Å². The summed E-state index contributed by atoms with van der Waals surface area (Å²) in [7, 11) is 0. The number of aromatic nitrogens is 2. The minimum Gasteiger partial charge on any atom is -0.380 e. The predicted octanol–water partition coefficient (Wildman–Crippen LogP) is 3.01. The van der Waals surface area contributed by atoms with Crippen LogP contribution >= 0.6 is 0 Å². The van der Waals surface area contributed by atoms with Crippen molar-refractivity contribution in [3.05, 3.63) is 63.8 Å². The van der Waals surface area contributed by atoms with Gasteiger partial charge in [-0.1, -0.05) is 6.07 Å². The number of hydrogen-bond donors (Lipinski definition) is 0. The Morgan fingerprint density at radius 1 is 1.14 bits per heavy atom. The summed E-state index contributed by atoms with van der Waals surface area (Å²) in [6.45, 7) is 4.40. The third-order valence-electron chi connectivity index (χ3n) is 7.98. The van der Waals surface area contributed by atoms with Crippen molar-refractivity contribution in [1.82, 2.24) is 19.4 Å². The molecule has 0 aliphatic carbocycles. The maximum Gasteiger partial charge on any atom is 0.416 e. The summed E-state index contributed by atoms with van der Waals surface area (Å²) in [6, 6.07) is 8.00. The van der Waals surface area contributed by atoms with Gasteiger partial charge >= 0.3 is 6.18 Å². The molecule has 3 aliphatic rings. The maximum absolute atomic E-state index is 13.2. The van der Waals surface area contributed by atoms with E-state index in [2.05, 4.69) is 9.88 Å². The summed E-state index contributed by atoms with van der Waals surface area (Å²) in [5.74, 6) is 0.704. The van der Waals surface area contributed by atoms with Crippen LogP contribution < -0.4 is 5.56 Å². The van der Waals surface area contributed by atoms with Crippen molar-refractivity contribution >= 4 is 5.78 Å². The highest BCUT2D eigenvalue weighted by molar-refractivity contribution is 5.80. The smallest absolute Gasteiger partial charge is 0.380 e. The van der Waals surface area contributed by atoms with E-state index < -0.39 is 17.3 Å². The molecule has 2 saturated heterocycles. The van der Waals surface area contributed by atoms with Crippen LogP contribution in [0.3, 0.4) is 0 Å². The minimum absolute atomic E-state index is 0.0973. The highest BCUT2D eigenvalue weighted by Gasteiger charge is 2.38. The SMILES string of the molecule is O=C(CC1CN(C2CCOC2)C[C@@H]1CCc1ccccn1)CN1CCn2c(cc(C(F)(F)F)cc2=O)C1. The van der Waals surface area contributed by atoms with Crippen LogP contribution in [0.15, 0.2) is 41.3 Å². The van der Waals surface area contributed by atoms with Gasteiger partial charge < -0.3 is 9.30 Å². The first-order valence-electron chi connectivity index (χ1n) is 13.0. The monoisotopic (exact) mass is 518 g/mol. The molecule has 2 fully saturated rings. The zero-order valence-electron chi connectivity index (χ0n) is 20.8. The zero-order valence-corrected chi connectivity index (χ0v) is 20.8. The maximum atomic E-state index is 13.2. The van der Waals surface area contributed by atoms with E-state index >= 15 is 0 Å². The largest absolute Gasteiger partial charge is 0.416 e. The number of likely N-dealkylation sites (tertiary alicyclic amines) is 1. The van der Waals surface area contributed by atoms with Crippen LogP contribution in [0.2, 0.25) is 0 Å². The van der Waals surface area contributed by atoms with E-state index in [0.717, 1.165) is 57.3 Å². The first-order chi connectivity index (χ1) is 17.8. The fourth-order valence-corrected chi connectivity index (χ4v) is 6.01. The Hall–Kier alpha value is -2.56. The predicted molar refractivity (Wildman–Crippen MR) is 131 cm³/mol. The van der Waals surface area contributed by atoms with Gasteiger partial charge in [-0.2, -0.15) is 13.2 Å².